The van der Waals surface area contributed by atoms with Gasteiger partial charge in [0, 0.05) is 37.9 Å². The molecule has 3 heteroatoms. The molecule has 4 rings (SSSR count). The summed E-state index contributed by atoms with van der Waals surface area (Å²) in [5.41, 5.74) is 2.99. The lowest BCUT2D eigenvalue weighted by atomic mass is 9.67. The lowest BCUT2D eigenvalue weighted by Gasteiger charge is -2.41. The Morgan fingerprint density at radius 2 is 2.04 bits per heavy atom. The maximum atomic E-state index is 11.6. The number of hydrogen-bond acceptors (Lipinski definition) is 3. The first-order chi connectivity index (χ1) is 11.6. The van der Waals surface area contributed by atoms with Crippen molar-refractivity contribution in [2.45, 2.75) is 38.3 Å². The molecular weight excluding hydrogens is 296 g/mol. The summed E-state index contributed by atoms with van der Waals surface area (Å²) in [5.74, 6) is 0.945. The van der Waals surface area contributed by atoms with Crippen LogP contribution in [0.25, 0.3) is 0 Å². The topological polar surface area (TPSA) is 36.4 Å². The first kappa shape index (κ1) is 15.8. The normalized spacial score (nSPS) is 30.2. The molecule has 1 aromatic heterocycles. The Morgan fingerprint density at radius 1 is 1.21 bits per heavy atom. The second-order valence-corrected chi connectivity index (χ2v) is 7.60. The summed E-state index contributed by atoms with van der Waals surface area (Å²) in [5, 5.41) is 11.6. The van der Waals surface area contributed by atoms with Crippen LogP contribution >= 0.6 is 0 Å². The Kier molecular flexibility index (Phi) is 4.15. The van der Waals surface area contributed by atoms with Crippen LogP contribution in [-0.4, -0.2) is 28.1 Å². The largest absolute Gasteiger partial charge is 0.385 e. The third-order valence-electron chi connectivity index (χ3n) is 5.94. The maximum absolute atomic E-state index is 11.6. The van der Waals surface area contributed by atoms with Crippen molar-refractivity contribution in [1.29, 1.82) is 0 Å². The highest BCUT2D eigenvalue weighted by molar-refractivity contribution is 5.29. The van der Waals surface area contributed by atoms with Gasteiger partial charge >= 0.3 is 0 Å². The van der Waals surface area contributed by atoms with E-state index in [2.05, 4.69) is 53.2 Å². The van der Waals surface area contributed by atoms with Crippen molar-refractivity contribution < 1.29 is 5.11 Å². The molecule has 2 aromatic rings. The van der Waals surface area contributed by atoms with E-state index in [1.54, 1.807) is 0 Å². The fourth-order valence-corrected chi connectivity index (χ4v) is 4.76. The number of pyridine rings is 1. The smallest absolute Gasteiger partial charge is 0.0940 e. The van der Waals surface area contributed by atoms with E-state index in [1.807, 2.05) is 12.4 Å². The van der Waals surface area contributed by atoms with Crippen LogP contribution in [0.15, 0.2) is 48.8 Å². The van der Waals surface area contributed by atoms with E-state index in [0.29, 0.717) is 11.8 Å². The van der Waals surface area contributed by atoms with Crippen molar-refractivity contribution in [2.24, 2.45) is 11.8 Å². The van der Waals surface area contributed by atoms with E-state index in [9.17, 15) is 5.11 Å². The molecule has 24 heavy (non-hydrogen) atoms. The van der Waals surface area contributed by atoms with Gasteiger partial charge in [-0.3, -0.25) is 9.88 Å². The predicted molar refractivity (Wildman–Crippen MR) is 95.4 cm³/mol. The van der Waals surface area contributed by atoms with Gasteiger partial charge in [-0.25, -0.2) is 0 Å². The van der Waals surface area contributed by atoms with Crippen molar-refractivity contribution in [3.8, 4) is 0 Å². The molecule has 0 radical (unpaired) electrons. The molecule has 1 saturated carbocycles. The standard InChI is InChI=1S/C21H26N2O/c1-16-4-2-6-19(12-16)21(24)9-3-5-18-14-23(15-20(18)21)13-17-7-10-22-11-8-17/h2,4,6-8,10-12,18,20,24H,3,5,9,13-15H2,1H3. The molecule has 2 heterocycles. The van der Waals surface area contributed by atoms with Crippen molar-refractivity contribution in [3.63, 3.8) is 0 Å². The minimum absolute atomic E-state index is 0.342. The van der Waals surface area contributed by atoms with E-state index in [-0.39, 0.29) is 0 Å². The molecule has 3 unspecified atom stereocenters. The number of benzene rings is 1. The highest BCUT2D eigenvalue weighted by Gasteiger charge is 2.49. The van der Waals surface area contributed by atoms with Crippen LogP contribution in [0, 0.1) is 18.8 Å². The minimum Gasteiger partial charge on any atom is -0.385 e. The zero-order valence-electron chi connectivity index (χ0n) is 14.4. The summed E-state index contributed by atoms with van der Waals surface area (Å²) in [6, 6.07) is 12.7. The van der Waals surface area contributed by atoms with Crippen LogP contribution in [0.3, 0.4) is 0 Å². The van der Waals surface area contributed by atoms with Crippen LogP contribution in [0.4, 0.5) is 0 Å². The number of hydrogen-bond donors (Lipinski definition) is 1. The van der Waals surface area contributed by atoms with Crippen LogP contribution in [0.2, 0.25) is 0 Å². The summed E-state index contributed by atoms with van der Waals surface area (Å²) >= 11 is 0. The van der Waals surface area contributed by atoms with E-state index >= 15 is 0 Å². The van der Waals surface area contributed by atoms with Gasteiger partial charge in [-0.1, -0.05) is 29.8 Å². The Balaban J connectivity index is 1.56. The monoisotopic (exact) mass is 322 g/mol. The zero-order valence-corrected chi connectivity index (χ0v) is 14.4. The molecule has 0 amide bonds. The van der Waals surface area contributed by atoms with Crippen LogP contribution in [-0.2, 0) is 12.1 Å². The second-order valence-electron chi connectivity index (χ2n) is 7.60. The van der Waals surface area contributed by atoms with Gasteiger partial charge in [0.2, 0.25) is 0 Å². The molecule has 1 N–H and O–H groups in total. The van der Waals surface area contributed by atoms with Crippen LogP contribution < -0.4 is 0 Å². The van der Waals surface area contributed by atoms with Gasteiger partial charge in [-0.2, -0.15) is 0 Å². The Morgan fingerprint density at radius 3 is 2.83 bits per heavy atom. The average Bonchev–Trinajstić information content (AvgIpc) is 3.00. The van der Waals surface area contributed by atoms with E-state index in [0.717, 1.165) is 38.0 Å². The Labute approximate surface area is 144 Å². The molecule has 0 bridgehead atoms. The third-order valence-corrected chi connectivity index (χ3v) is 5.94. The van der Waals surface area contributed by atoms with Crippen molar-refractivity contribution >= 4 is 0 Å². The molecule has 3 atom stereocenters. The van der Waals surface area contributed by atoms with Gasteiger partial charge < -0.3 is 5.11 Å². The molecule has 2 aliphatic rings. The number of aryl methyl sites for hydroxylation is 1. The van der Waals surface area contributed by atoms with E-state index in [4.69, 9.17) is 0 Å². The van der Waals surface area contributed by atoms with Gasteiger partial charge in [-0.05, 0) is 55.4 Å². The second kappa shape index (κ2) is 6.30. The van der Waals surface area contributed by atoms with Crippen molar-refractivity contribution in [1.82, 2.24) is 9.88 Å². The number of aliphatic hydroxyl groups is 1. The van der Waals surface area contributed by atoms with Gasteiger partial charge in [0.05, 0.1) is 5.60 Å². The summed E-state index contributed by atoms with van der Waals surface area (Å²) in [7, 11) is 0. The van der Waals surface area contributed by atoms with Gasteiger partial charge in [0.1, 0.15) is 0 Å². The molecule has 0 spiro atoms. The molecule has 3 nitrogen and oxygen atoms in total. The molecule has 1 aliphatic heterocycles. The number of nitrogens with zero attached hydrogens (tertiary/aromatic N) is 2. The fourth-order valence-electron chi connectivity index (χ4n) is 4.76. The van der Waals surface area contributed by atoms with Crippen molar-refractivity contribution in [3.05, 3.63) is 65.5 Å². The molecular formula is C21H26N2O. The quantitative estimate of drug-likeness (QED) is 0.939. The van der Waals surface area contributed by atoms with Gasteiger partial charge in [0.25, 0.3) is 0 Å². The summed E-state index contributed by atoms with van der Waals surface area (Å²) in [6.07, 6.45) is 6.98. The van der Waals surface area contributed by atoms with E-state index < -0.39 is 5.60 Å². The minimum atomic E-state index is -0.665. The molecule has 126 valence electrons. The Bertz CT molecular complexity index is 702. The van der Waals surface area contributed by atoms with Crippen molar-refractivity contribution in [2.75, 3.05) is 13.1 Å². The highest BCUT2D eigenvalue weighted by Crippen LogP contribution is 2.48. The first-order valence-corrected chi connectivity index (χ1v) is 9.06. The highest BCUT2D eigenvalue weighted by atomic mass is 16.3. The SMILES string of the molecule is Cc1cccc(C2(O)CCCC3CN(Cc4ccncc4)CC32)c1. The number of aromatic nitrogens is 1. The molecule has 2 fully saturated rings. The summed E-state index contributed by atoms with van der Waals surface area (Å²) in [4.78, 5) is 6.62. The third kappa shape index (κ3) is 2.87. The number of fused-ring (bicyclic) bond motifs is 1. The molecule has 1 saturated heterocycles. The van der Waals surface area contributed by atoms with Crippen LogP contribution in [0.1, 0.15) is 36.0 Å². The maximum Gasteiger partial charge on any atom is 0.0940 e. The average molecular weight is 322 g/mol. The first-order valence-electron chi connectivity index (χ1n) is 9.06. The van der Waals surface area contributed by atoms with Crippen LogP contribution in [0.5, 0.6) is 0 Å². The summed E-state index contributed by atoms with van der Waals surface area (Å²) in [6.45, 7) is 5.15. The Hall–Kier alpha value is -1.71. The zero-order chi connectivity index (χ0) is 16.6. The lowest BCUT2D eigenvalue weighted by Crippen LogP contribution is -2.42. The molecule has 1 aliphatic carbocycles. The molecule has 1 aromatic carbocycles. The van der Waals surface area contributed by atoms with Gasteiger partial charge in [-0.15, -0.1) is 0 Å². The lowest BCUT2D eigenvalue weighted by molar-refractivity contribution is -0.0648. The van der Waals surface area contributed by atoms with E-state index in [1.165, 1.54) is 17.5 Å². The summed E-state index contributed by atoms with van der Waals surface area (Å²) < 4.78 is 0. The fraction of sp³-hybridized carbons (Fsp3) is 0.476. The number of likely N-dealkylation sites (tertiary alicyclic amines) is 1. The van der Waals surface area contributed by atoms with Gasteiger partial charge in [0.15, 0.2) is 0 Å². The predicted octanol–water partition coefficient (Wildman–Crippen LogP) is 3.51. The number of rotatable bonds is 3.